The van der Waals surface area contributed by atoms with Crippen LogP contribution in [0.2, 0.25) is 0 Å². The molecule has 2 nitrogen and oxygen atoms in total. The first kappa shape index (κ1) is 18.3. The Morgan fingerprint density at radius 2 is 1.15 bits per heavy atom. The highest BCUT2D eigenvalue weighted by Gasteiger charge is 1.90. The van der Waals surface area contributed by atoms with Crippen molar-refractivity contribution in [1.29, 1.82) is 0 Å². The second-order valence-electron chi connectivity index (χ2n) is 4.78. The van der Waals surface area contributed by atoms with E-state index in [1.165, 1.54) is 11.1 Å². The van der Waals surface area contributed by atoms with Crippen molar-refractivity contribution in [2.24, 2.45) is 0 Å². The number of hydrogen-bond donors (Lipinski definition) is 0. The van der Waals surface area contributed by atoms with Crippen LogP contribution in [0.25, 0.3) is 0 Å². The van der Waals surface area contributed by atoms with Crippen LogP contribution in [0.15, 0.2) is 24.3 Å². The summed E-state index contributed by atoms with van der Waals surface area (Å²) in [5.74, 6) is 0. The van der Waals surface area contributed by atoms with Gasteiger partial charge >= 0.3 is 0 Å². The summed E-state index contributed by atoms with van der Waals surface area (Å²) in [6.07, 6.45) is 0. The maximum atomic E-state index is 4.27. The van der Waals surface area contributed by atoms with E-state index in [1.54, 1.807) is 0 Å². The molecule has 0 N–H and O–H groups in total. The number of rotatable bonds is 0. The SMILES string of the molecule is CC.Cc1cc(C)nc(C)c1.Cc1ccc(C)c(C)n1. The van der Waals surface area contributed by atoms with E-state index in [9.17, 15) is 0 Å². The van der Waals surface area contributed by atoms with Crippen molar-refractivity contribution in [3.63, 3.8) is 0 Å². The van der Waals surface area contributed by atoms with Gasteiger partial charge in [-0.2, -0.15) is 0 Å². The average Bonchev–Trinajstić information content (AvgIpc) is 2.36. The van der Waals surface area contributed by atoms with Crippen molar-refractivity contribution in [2.45, 2.75) is 55.4 Å². The molecule has 20 heavy (non-hydrogen) atoms. The van der Waals surface area contributed by atoms with Crippen LogP contribution < -0.4 is 0 Å². The van der Waals surface area contributed by atoms with Crippen LogP contribution in [0, 0.1) is 41.5 Å². The third kappa shape index (κ3) is 7.03. The van der Waals surface area contributed by atoms with Gasteiger partial charge in [0, 0.05) is 22.8 Å². The minimum Gasteiger partial charge on any atom is -0.258 e. The average molecular weight is 272 g/mol. The van der Waals surface area contributed by atoms with Crippen LogP contribution in [0.3, 0.4) is 0 Å². The quantitative estimate of drug-likeness (QED) is 0.671. The standard InChI is InChI=1S/2C8H11N.C2H6/c1-6-4-7(2)9-8(3)5-6;1-6-4-5-7(2)9-8(6)3;1-2/h2*4-5H,1-3H3;1-2H3. The number of nitrogens with zero attached hydrogens (tertiary/aromatic N) is 2. The van der Waals surface area contributed by atoms with Crippen LogP contribution in [-0.2, 0) is 0 Å². The molecule has 0 aliphatic heterocycles. The second-order valence-corrected chi connectivity index (χ2v) is 4.78. The maximum absolute atomic E-state index is 4.27. The van der Waals surface area contributed by atoms with Gasteiger partial charge < -0.3 is 0 Å². The van der Waals surface area contributed by atoms with Gasteiger partial charge in [-0.1, -0.05) is 19.9 Å². The van der Waals surface area contributed by atoms with E-state index in [4.69, 9.17) is 0 Å². The van der Waals surface area contributed by atoms with Gasteiger partial charge in [-0.3, -0.25) is 9.97 Å². The van der Waals surface area contributed by atoms with E-state index >= 15 is 0 Å². The first-order valence-corrected chi connectivity index (χ1v) is 7.21. The molecule has 0 saturated heterocycles. The first-order valence-electron chi connectivity index (χ1n) is 7.21. The Bertz CT molecular complexity index is 480. The van der Waals surface area contributed by atoms with Crippen LogP contribution >= 0.6 is 0 Å². The van der Waals surface area contributed by atoms with Crippen molar-refractivity contribution in [3.8, 4) is 0 Å². The summed E-state index contributed by atoms with van der Waals surface area (Å²) in [7, 11) is 0. The molecule has 0 spiro atoms. The fraction of sp³-hybridized carbons (Fsp3) is 0.444. The van der Waals surface area contributed by atoms with Gasteiger partial charge in [-0.25, -0.2) is 0 Å². The van der Waals surface area contributed by atoms with Crippen molar-refractivity contribution in [2.75, 3.05) is 0 Å². The Morgan fingerprint density at radius 1 is 0.650 bits per heavy atom. The predicted molar refractivity (Wildman–Crippen MR) is 88.2 cm³/mol. The van der Waals surface area contributed by atoms with E-state index in [0.29, 0.717) is 0 Å². The van der Waals surface area contributed by atoms with Crippen molar-refractivity contribution >= 4 is 0 Å². The molecule has 2 rings (SSSR count). The molecular formula is C18H28N2. The highest BCUT2D eigenvalue weighted by molar-refractivity contribution is 5.19. The van der Waals surface area contributed by atoms with Gasteiger partial charge in [0.1, 0.15) is 0 Å². The van der Waals surface area contributed by atoms with E-state index in [1.807, 2.05) is 47.6 Å². The Morgan fingerprint density at radius 3 is 1.50 bits per heavy atom. The molecule has 2 heterocycles. The number of aryl methyl sites for hydroxylation is 6. The molecule has 2 heteroatoms. The maximum Gasteiger partial charge on any atom is 0.0404 e. The number of pyridine rings is 2. The molecule has 0 unspecified atom stereocenters. The second kappa shape index (κ2) is 9.24. The van der Waals surface area contributed by atoms with Crippen LogP contribution in [0.5, 0.6) is 0 Å². The van der Waals surface area contributed by atoms with E-state index < -0.39 is 0 Å². The van der Waals surface area contributed by atoms with Gasteiger partial charge in [-0.05, 0) is 70.9 Å². The molecule has 0 amide bonds. The minimum atomic E-state index is 1.10. The lowest BCUT2D eigenvalue weighted by molar-refractivity contribution is 1.09. The van der Waals surface area contributed by atoms with Gasteiger partial charge in [0.2, 0.25) is 0 Å². The molecule has 0 saturated carbocycles. The molecule has 0 atom stereocenters. The fourth-order valence-electron chi connectivity index (χ4n) is 1.80. The summed E-state index contributed by atoms with van der Waals surface area (Å²) in [5.41, 5.74) is 6.99. The molecule has 0 aliphatic carbocycles. The van der Waals surface area contributed by atoms with Gasteiger partial charge in [0.05, 0.1) is 0 Å². The largest absolute Gasteiger partial charge is 0.258 e. The normalized spacial score (nSPS) is 9.00. The summed E-state index contributed by atoms with van der Waals surface area (Å²) >= 11 is 0. The third-order valence-corrected chi connectivity index (χ3v) is 2.72. The van der Waals surface area contributed by atoms with Gasteiger partial charge in [-0.15, -0.1) is 0 Å². The third-order valence-electron chi connectivity index (χ3n) is 2.72. The smallest absolute Gasteiger partial charge is 0.0404 e. The zero-order chi connectivity index (χ0) is 15.7. The zero-order valence-corrected chi connectivity index (χ0v) is 14.2. The van der Waals surface area contributed by atoms with Crippen LogP contribution in [0.1, 0.15) is 47.8 Å². The Labute approximate surface area is 124 Å². The van der Waals surface area contributed by atoms with Gasteiger partial charge in [0.15, 0.2) is 0 Å². The highest BCUT2D eigenvalue weighted by atomic mass is 14.7. The topological polar surface area (TPSA) is 25.8 Å². The number of aromatic nitrogens is 2. The molecule has 0 aromatic carbocycles. The molecule has 2 aromatic rings. The predicted octanol–water partition coefficient (Wildman–Crippen LogP) is 5.04. The monoisotopic (exact) mass is 272 g/mol. The first-order chi connectivity index (χ1) is 9.38. The molecule has 0 bridgehead atoms. The van der Waals surface area contributed by atoms with Gasteiger partial charge in [0.25, 0.3) is 0 Å². The Hall–Kier alpha value is -1.70. The highest BCUT2D eigenvalue weighted by Crippen LogP contribution is 2.03. The van der Waals surface area contributed by atoms with E-state index in [-0.39, 0.29) is 0 Å². The molecule has 110 valence electrons. The van der Waals surface area contributed by atoms with Crippen LogP contribution in [-0.4, -0.2) is 9.97 Å². The molecular weight excluding hydrogens is 244 g/mol. The summed E-state index contributed by atoms with van der Waals surface area (Å²) in [6.45, 7) is 16.2. The summed E-state index contributed by atoms with van der Waals surface area (Å²) in [6, 6.07) is 8.28. The lowest BCUT2D eigenvalue weighted by atomic mass is 10.2. The molecule has 0 radical (unpaired) electrons. The molecule has 0 fully saturated rings. The summed E-state index contributed by atoms with van der Waals surface area (Å²) in [4.78, 5) is 8.51. The lowest BCUT2D eigenvalue weighted by Gasteiger charge is -1.97. The summed E-state index contributed by atoms with van der Waals surface area (Å²) < 4.78 is 0. The Balaban J connectivity index is 0.000000321. The van der Waals surface area contributed by atoms with Crippen LogP contribution in [0.4, 0.5) is 0 Å². The molecule has 0 aliphatic rings. The summed E-state index contributed by atoms with van der Waals surface area (Å²) in [5, 5.41) is 0. The van der Waals surface area contributed by atoms with Crippen molar-refractivity contribution < 1.29 is 0 Å². The van der Waals surface area contributed by atoms with E-state index in [2.05, 4.69) is 42.0 Å². The lowest BCUT2D eigenvalue weighted by Crippen LogP contribution is -1.87. The fourth-order valence-corrected chi connectivity index (χ4v) is 1.80. The zero-order valence-electron chi connectivity index (χ0n) is 14.2. The minimum absolute atomic E-state index is 1.10. The van der Waals surface area contributed by atoms with Crippen molar-refractivity contribution in [3.05, 3.63) is 58.2 Å². The Kier molecular flexibility index (Phi) is 8.46. The number of hydrogen-bond acceptors (Lipinski definition) is 2. The van der Waals surface area contributed by atoms with Crippen molar-refractivity contribution in [1.82, 2.24) is 9.97 Å². The molecule has 2 aromatic heterocycles. The van der Waals surface area contributed by atoms with E-state index in [0.717, 1.165) is 22.8 Å².